The van der Waals surface area contributed by atoms with Crippen LogP contribution in [0.5, 0.6) is 0 Å². The minimum atomic E-state index is -0.136. The molecule has 1 saturated heterocycles. The monoisotopic (exact) mass is 274 g/mol. The summed E-state index contributed by atoms with van der Waals surface area (Å²) in [5.74, 6) is 1.53. The summed E-state index contributed by atoms with van der Waals surface area (Å²) >= 11 is 0. The molecule has 1 N–H and O–H groups in total. The van der Waals surface area contributed by atoms with E-state index in [2.05, 4.69) is 20.1 Å². The van der Waals surface area contributed by atoms with E-state index in [1.807, 2.05) is 19.1 Å². The minimum absolute atomic E-state index is 0.136. The molecule has 106 valence electrons. The fourth-order valence-electron chi connectivity index (χ4n) is 2.83. The summed E-state index contributed by atoms with van der Waals surface area (Å²) in [5.41, 5.74) is 0.742. The van der Waals surface area contributed by atoms with Gasteiger partial charge in [0.25, 0.3) is 0 Å². The van der Waals surface area contributed by atoms with Gasteiger partial charge in [-0.3, -0.25) is 10.00 Å². The Balaban J connectivity index is 1.81. The second-order valence-electron chi connectivity index (χ2n) is 5.35. The maximum atomic E-state index is 13.8. The summed E-state index contributed by atoms with van der Waals surface area (Å²) < 4.78 is 13.8. The first-order valence-corrected chi connectivity index (χ1v) is 7.10. The molecule has 0 amide bonds. The highest BCUT2D eigenvalue weighted by atomic mass is 19.1. The fraction of sp³-hybridized carbons (Fsp3) is 0.467. The van der Waals surface area contributed by atoms with Crippen molar-refractivity contribution >= 4 is 0 Å². The van der Waals surface area contributed by atoms with Crippen molar-refractivity contribution in [2.45, 2.75) is 38.8 Å². The molecular formula is C15H19FN4. The zero-order valence-corrected chi connectivity index (χ0v) is 11.6. The number of hydrogen-bond donors (Lipinski definition) is 1. The van der Waals surface area contributed by atoms with E-state index in [1.54, 1.807) is 6.07 Å². The highest BCUT2D eigenvalue weighted by molar-refractivity contribution is 5.17. The molecule has 1 aliphatic rings. The molecule has 1 aromatic heterocycles. The van der Waals surface area contributed by atoms with Crippen molar-refractivity contribution in [2.24, 2.45) is 0 Å². The van der Waals surface area contributed by atoms with E-state index in [9.17, 15) is 4.39 Å². The van der Waals surface area contributed by atoms with Gasteiger partial charge < -0.3 is 0 Å². The molecule has 0 bridgehead atoms. The Morgan fingerprint density at radius 3 is 2.95 bits per heavy atom. The van der Waals surface area contributed by atoms with Crippen molar-refractivity contribution in [3.05, 3.63) is 47.3 Å². The number of aromatic nitrogens is 3. The van der Waals surface area contributed by atoms with Crippen LogP contribution in [0.4, 0.5) is 4.39 Å². The van der Waals surface area contributed by atoms with Gasteiger partial charge in [0, 0.05) is 12.1 Å². The van der Waals surface area contributed by atoms with Crippen LogP contribution in [0.15, 0.2) is 24.3 Å². The molecule has 0 aliphatic carbocycles. The van der Waals surface area contributed by atoms with Gasteiger partial charge in [-0.25, -0.2) is 9.37 Å². The molecule has 3 rings (SSSR count). The Labute approximate surface area is 118 Å². The van der Waals surface area contributed by atoms with Gasteiger partial charge in [-0.1, -0.05) is 24.6 Å². The fourth-order valence-corrected chi connectivity index (χ4v) is 2.83. The number of nitrogens with one attached hydrogen (secondary N) is 1. The molecule has 1 aromatic carbocycles. The lowest BCUT2D eigenvalue weighted by Crippen LogP contribution is -2.33. The third kappa shape index (κ3) is 2.72. The van der Waals surface area contributed by atoms with Crippen molar-refractivity contribution in [1.82, 2.24) is 20.1 Å². The first kappa shape index (κ1) is 13.2. The Kier molecular flexibility index (Phi) is 3.78. The molecular weight excluding hydrogens is 255 g/mol. The average molecular weight is 274 g/mol. The smallest absolute Gasteiger partial charge is 0.167 e. The summed E-state index contributed by atoms with van der Waals surface area (Å²) in [6.07, 6.45) is 3.35. The van der Waals surface area contributed by atoms with E-state index in [4.69, 9.17) is 0 Å². The van der Waals surface area contributed by atoms with Crippen LogP contribution in [0.3, 0.4) is 0 Å². The summed E-state index contributed by atoms with van der Waals surface area (Å²) in [4.78, 5) is 6.73. The lowest BCUT2D eigenvalue weighted by Gasteiger charge is -2.34. The van der Waals surface area contributed by atoms with Crippen LogP contribution in [0.25, 0.3) is 0 Å². The van der Waals surface area contributed by atoms with Crippen LogP contribution >= 0.6 is 0 Å². The standard InChI is InChI=1S/C15H19FN4/c1-11-17-15(19-18-11)14-8-4-5-9-20(14)10-12-6-2-3-7-13(12)16/h2-3,6-7,14H,4-5,8-10H2,1H3,(H,17,18,19). The van der Waals surface area contributed by atoms with Crippen molar-refractivity contribution in [1.29, 1.82) is 0 Å². The number of H-pyrrole nitrogens is 1. The molecule has 1 fully saturated rings. The van der Waals surface area contributed by atoms with Crippen LogP contribution in [-0.2, 0) is 6.54 Å². The molecule has 20 heavy (non-hydrogen) atoms. The largest absolute Gasteiger partial charge is 0.289 e. The summed E-state index contributed by atoms with van der Waals surface area (Å²) in [7, 11) is 0. The number of likely N-dealkylation sites (tertiary alicyclic amines) is 1. The van der Waals surface area contributed by atoms with Gasteiger partial charge in [-0.05, 0) is 32.4 Å². The van der Waals surface area contributed by atoms with Gasteiger partial charge in [0.2, 0.25) is 0 Å². The van der Waals surface area contributed by atoms with Crippen molar-refractivity contribution in [3.63, 3.8) is 0 Å². The topological polar surface area (TPSA) is 44.8 Å². The van der Waals surface area contributed by atoms with Gasteiger partial charge >= 0.3 is 0 Å². The SMILES string of the molecule is Cc1nc(C2CCCCN2Cc2ccccc2F)n[nH]1. The van der Waals surface area contributed by atoms with E-state index in [0.717, 1.165) is 36.6 Å². The minimum Gasteiger partial charge on any atom is -0.289 e. The molecule has 2 heterocycles. The quantitative estimate of drug-likeness (QED) is 0.936. The lowest BCUT2D eigenvalue weighted by molar-refractivity contribution is 0.132. The molecule has 0 radical (unpaired) electrons. The highest BCUT2D eigenvalue weighted by Crippen LogP contribution is 2.30. The van der Waals surface area contributed by atoms with Crippen molar-refractivity contribution in [3.8, 4) is 0 Å². The van der Waals surface area contributed by atoms with E-state index in [1.165, 1.54) is 12.5 Å². The average Bonchev–Trinajstić information content (AvgIpc) is 2.88. The predicted molar refractivity (Wildman–Crippen MR) is 74.5 cm³/mol. The van der Waals surface area contributed by atoms with Crippen LogP contribution in [0.1, 0.15) is 42.5 Å². The van der Waals surface area contributed by atoms with E-state index >= 15 is 0 Å². The van der Waals surface area contributed by atoms with Gasteiger partial charge in [-0.15, -0.1) is 0 Å². The molecule has 0 spiro atoms. The predicted octanol–water partition coefficient (Wildman–Crippen LogP) is 2.98. The molecule has 5 heteroatoms. The molecule has 1 aliphatic heterocycles. The van der Waals surface area contributed by atoms with Crippen LogP contribution in [0.2, 0.25) is 0 Å². The number of aromatic amines is 1. The first-order valence-electron chi connectivity index (χ1n) is 7.10. The Morgan fingerprint density at radius 1 is 1.35 bits per heavy atom. The van der Waals surface area contributed by atoms with Crippen LogP contribution < -0.4 is 0 Å². The van der Waals surface area contributed by atoms with Gasteiger partial charge in [0.05, 0.1) is 6.04 Å². The van der Waals surface area contributed by atoms with Crippen LogP contribution in [-0.4, -0.2) is 26.6 Å². The molecule has 4 nitrogen and oxygen atoms in total. The van der Waals surface area contributed by atoms with E-state index in [0.29, 0.717) is 6.54 Å². The number of aryl methyl sites for hydroxylation is 1. The zero-order valence-electron chi connectivity index (χ0n) is 11.6. The third-order valence-electron chi connectivity index (χ3n) is 3.86. The maximum absolute atomic E-state index is 13.8. The second kappa shape index (κ2) is 5.71. The summed E-state index contributed by atoms with van der Waals surface area (Å²) in [6, 6.07) is 7.17. The van der Waals surface area contributed by atoms with Crippen molar-refractivity contribution < 1.29 is 4.39 Å². The van der Waals surface area contributed by atoms with Crippen LogP contribution in [0, 0.1) is 12.7 Å². The first-order chi connectivity index (χ1) is 9.74. The lowest BCUT2D eigenvalue weighted by atomic mass is 10.0. The number of piperidine rings is 1. The number of nitrogens with zero attached hydrogens (tertiary/aromatic N) is 3. The number of rotatable bonds is 3. The third-order valence-corrected chi connectivity index (χ3v) is 3.86. The van der Waals surface area contributed by atoms with E-state index in [-0.39, 0.29) is 11.9 Å². The Morgan fingerprint density at radius 2 is 2.20 bits per heavy atom. The second-order valence-corrected chi connectivity index (χ2v) is 5.35. The molecule has 2 aromatic rings. The summed E-state index contributed by atoms with van der Waals surface area (Å²) in [6.45, 7) is 3.48. The normalized spacial score (nSPS) is 20.2. The molecule has 1 unspecified atom stereocenters. The van der Waals surface area contributed by atoms with Crippen molar-refractivity contribution in [2.75, 3.05) is 6.54 Å². The Hall–Kier alpha value is -1.75. The number of hydrogen-bond acceptors (Lipinski definition) is 3. The zero-order chi connectivity index (χ0) is 13.9. The Bertz CT molecular complexity index is 581. The van der Waals surface area contributed by atoms with Gasteiger partial charge in [-0.2, -0.15) is 5.10 Å². The van der Waals surface area contributed by atoms with E-state index < -0.39 is 0 Å². The molecule has 0 saturated carbocycles. The summed E-state index contributed by atoms with van der Waals surface area (Å²) in [5, 5.41) is 7.18. The number of benzene rings is 1. The maximum Gasteiger partial charge on any atom is 0.167 e. The number of halogens is 1. The van der Waals surface area contributed by atoms with Gasteiger partial charge in [0.15, 0.2) is 5.82 Å². The highest BCUT2D eigenvalue weighted by Gasteiger charge is 2.27. The molecule has 1 atom stereocenters. The van der Waals surface area contributed by atoms with Gasteiger partial charge in [0.1, 0.15) is 11.6 Å².